The van der Waals surface area contributed by atoms with Crippen LogP contribution < -0.4 is 0 Å². The van der Waals surface area contributed by atoms with Gasteiger partial charge in [-0.1, -0.05) is 91.0 Å². The molecule has 1 aliphatic rings. The van der Waals surface area contributed by atoms with Crippen molar-refractivity contribution in [1.82, 2.24) is 0 Å². The van der Waals surface area contributed by atoms with Gasteiger partial charge in [-0.15, -0.1) is 0 Å². The molecule has 0 radical (unpaired) electrons. The van der Waals surface area contributed by atoms with Crippen LogP contribution in [0.3, 0.4) is 0 Å². The smallest absolute Gasteiger partial charge is 0.128 e. The summed E-state index contributed by atoms with van der Waals surface area (Å²) in [5.74, 6) is 0. The molecule has 0 aromatic heterocycles. The van der Waals surface area contributed by atoms with Crippen LogP contribution in [0.2, 0.25) is 0 Å². The summed E-state index contributed by atoms with van der Waals surface area (Å²) in [4.78, 5) is 0. The molecule has 3 aromatic rings. The van der Waals surface area contributed by atoms with E-state index in [4.69, 9.17) is 4.74 Å². The zero-order valence-corrected chi connectivity index (χ0v) is 16.9. The number of benzene rings is 3. The molecule has 1 heterocycles. The first-order chi connectivity index (χ1) is 14.5. The van der Waals surface area contributed by atoms with Gasteiger partial charge in [-0.25, -0.2) is 0 Å². The number of rotatable bonds is 7. The van der Waals surface area contributed by atoms with Crippen LogP contribution in [0.1, 0.15) is 16.7 Å². The number of hydrogen-bond acceptors (Lipinski definition) is 4. The normalized spacial score (nSPS) is 27.1. The summed E-state index contributed by atoms with van der Waals surface area (Å²) < 4.78 is 5.91. The van der Waals surface area contributed by atoms with Crippen LogP contribution in [0.5, 0.6) is 0 Å². The predicted molar refractivity (Wildman–Crippen MR) is 116 cm³/mol. The lowest BCUT2D eigenvalue weighted by atomic mass is 9.72. The van der Waals surface area contributed by atoms with Crippen molar-refractivity contribution in [2.45, 2.75) is 42.7 Å². The van der Waals surface area contributed by atoms with Crippen LogP contribution in [0, 0.1) is 0 Å². The van der Waals surface area contributed by atoms with Crippen molar-refractivity contribution < 1.29 is 20.1 Å². The third-order valence-electron chi connectivity index (χ3n) is 6.07. The largest absolute Gasteiger partial charge is 0.390 e. The molecule has 4 atom stereocenters. The Labute approximate surface area is 177 Å². The molecule has 4 heteroatoms. The number of aliphatic hydroxyl groups is 3. The Kier molecular flexibility index (Phi) is 6.02. The number of hydrogen-bond donors (Lipinski definition) is 3. The topological polar surface area (TPSA) is 69.9 Å². The maximum absolute atomic E-state index is 11.9. The van der Waals surface area contributed by atoms with Crippen LogP contribution in [0.4, 0.5) is 0 Å². The first-order valence-corrected chi connectivity index (χ1v) is 10.4. The molecular weight excluding hydrogens is 376 g/mol. The Hall–Kier alpha value is -2.50. The van der Waals surface area contributed by atoms with Crippen LogP contribution in [-0.4, -0.2) is 45.3 Å². The summed E-state index contributed by atoms with van der Waals surface area (Å²) in [6.07, 6.45) is -1.10. The molecule has 0 aliphatic carbocycles. The molecule has 0 spiro atoms. The van der Waals surface area contributed by atoms with E-state index in [0.717, 1.165) is 16.7 Å². The second-order valence-corrected chi connectivity index (χ2v) is 8.27. The fourth-order valence-corrected chi connectivity index (χ4v) is 4.46. The fourth-order valence-electron chi connectivity index (χ4n) is 4.46. The van der Waals surface area contributed by atoms with E-state index in [9.17, 15) is 15.3 Å². The lowest BCUT2D eigenvalue weighted by molar-refractivity contribution is -0.153. The standard InChI is InChI=1S/C26H28O4/c27-23(16-20-10-4-1-5-11-20)24-26(29,18-22-14-8-3-9-15-22)25(28,19-30-24)17-21-12-6-2-7-13-21/h1-15,23-24,27-29H,16-19H2/t23?,24-,25+,26-/m1/s1. The fraction of sp³-hybridized carbons (Fsp3) is 0.308. The highest BCUT2D eigenvalue weighted by molar-refractivity contribution is 5.27. The minimum Gasteiger partial charge on any atom is -0.390 e. The molecule has 3 N–H and O–H groups in total. The quantitative estimate of drug-likeness (QED) is 0.566. The molecule has 156 valence electrons. The Morgan fingerprint density at radius 1 is 0.733 bits per heavy atom. The van der Waals surface area contributed by atoms with Gasteiger partial charge in [0.05, 0.1) is 12.7 Å². The van der Waals surface area contributed by atoms with Gasteiger partial charge in [0, 0.05) is 19.3 Å². The summed E-state index contributed by atoms with van der Waals surface area (Å²) >= 11 is 0. The monoisotopic (exact) mass is 404 g/mol. The van der Waals surface area contributed by atoms with Crippen LogP contribution >= 0.6 is 0 Å². The van der Waals surface area contributed by atoms with Gasteiger partial charge in [-0.3, -0.25) is 0 Å². The van der Waals surface area contributed by atoms with Crippen molar-refractivity contribution >= 4 is 0 Å². The molecular formula is C26H28O4. The summed E-state index contributed by atoms with van der Waals surface area (Å²) in [5.41, 5.74) is -0.415. The van der Waals surface area contributed by atoms with E-state index >= 15 is 0 Å². The average Bonchev–Trinajstić information content (AvgIpc) is 3.00. The summed E-state index contributed by atoms with van der Waals surface area (Å²) in [5, 5.41) is 34.5. The van der Waals surface area contributed by atoms with Crippen molar-refractivity contribution in [3.8, 4) is 0 Å². The molecule has 4 rings (SSSR count). The minimum absolute atomic E-state index is 0.0399. The number of ether oxygens (including phenoxy) is 1. The van der Waals surface area contributed by atoms with E-state index in [1.807, 2.05) is 91.0 Å². The molecule has 1 saturated heterocycles. The molecule has 0 amide bonds. The molecule has 3 aromatic carbocycles. The third kappa shape index (κ3) is 4.18. The molecule has 1 aliphatic heterocycles. The van der Waals surface area contributed by atoms with Crippen molar-refractivity contribution in [1.29, 1.82) is 0 Å². The second-order valence-electron chi connectivity index (χ2n) is 8.27. The second kappa shape index (κ2) is 8.70. The summed E-state index contributed by atoms with van der Waals surface area (Å²) in [7, 11) is 0. The van der Waals surface area contributed by atoms with Crippen molar-refractivity contribution in [2.24, 2.45) is 0 Å². The highest BCUT2D eigenvalue weighted by atomic mass is 16.6. The van der Waals surface area contributed by atoms with Gasteiger partial charge >= 0.3 is 0 Å². The molecule has 1 unspecified atom stereocenters. The Morgan fingerprint density at radius 3 is 1.73 bits per heavy atom. The maximum atomic E-state index is 11.9. The average molecular weight is 405 g/mol. The van der Waals surface area contributed by atoms with Crippen molar-refractivity contribution in [3.05, 3.63) is 108 Å². The van der Waals surface area contributed by atoms with Gasteiger partial charge in [-0.2, -0.15) is 0 Å². The SMILES string of the molecule is OC(Cc1ccccc1)[C@H]1OC[C@@](O)(Cc2ccccc2)[C@@]1(O)Cc1ccccc1. The van der Waals surface area contributed by atoms with Gasteiger partial charge in [0.1, 0.15) is 17.3 Å². The molecule has 0 bridgehead atoms. The zero-order valence-electron chi connectivity index (χ0n) is 16.9. The zero-order chi connectivity index (χ0) is 21.0. The van der Waals surface area contributed by atoms with Crippen molar-refractivity contribution in [2.75, 3.05) is 6.61 Å². The summed E-state index contributed by atoms with van der Waals surface area (Å²) in [6.45, 7) is -0.0399. The summed E-state index contributed by atoms with van der Waals surface area (Å²) in [6, 6.07) is 28.8. The first-order valence-electron chi connectivity index (χ1n) is 10.4. The minimum atomic E-state index is -1.64. The number of aliphatic hydroxyl groups excluding tert-OH is 1. The van der Waals surface area contributed by atoms with Crippen molar-refractivity contribution in [3.63, 3.8) is 0 Å². The molecule has 0 saturated carbocycles. The Balaban J connectivity index is 1.65. The molecule has 30 heavy (non-hydrogen) atoms. The van der Waals surface area contributed by atoms with E-state index in [1.165, 1.54) is 0 Å². The highest BCUT2D eigenvalue weighted by Crippen LogP contribution is 2.42. The molecule has 4 nitrogen and oxygen atoms in total. The Morgan fingerprint density at radius 2 is 1.20 bits per heavy atom. The first kappa shape index (κ1) is 20.8. The maximum Gasteiger partial charge on any atom is 0.128 e. The van der Waals surface area contributed by atoms with Crippen LogP contribution in [0.25, 0.3) is 0 Å². The van der Waals surface area contributed by atoms with E-state index in [1.54, 1.807) is 0 Å². The predicted octanol–water partition coefficient (Wildman–Crippen LogP) is 2.94. The van der Waals surface area contributed by atoms with Gasteiger partial charge in [-0.05, 0) is 16.7 Å². The van der Waals surface area contributed by atoms with Gasteiger partial charge in [0.25, 0.3) is 0 Å². The lowest BCUT2D eigenvalue weighted by Gasteiger charge is -2.41. The highest BCUT2D eigenvalue weighted by Gasteiger charge is 2.61. The van der Waals surface area contributed by atoms with Crippen LogP contribution in [0.15, 0.2) is 91.0 Å². The third-order valence-corrected chi connectivity index (χ3v) is 6.07. The van der Waals surface area contributed by atoms with Gasteiger partial charge in [0.2, 0.25) is 0 Å². The van der Waals surface area contributed by atoms with E-state index in [-0.39, 0.29) is 19.4 Å². The van der Waals surface area contributed by atoms with E-state index < -0.39 is 23.4 Å². The van der Waals surface area contributed by atoms with Gasteiger partial charge in [0.15, 0.2) is 0 Å². The molecule has 1 fully saturated rings. The van der Waals surface area contributed by atoms with E-state index in [0.29, 0.717) is 6.42 Å². The Bertz CT molecular complexity index is 931. The lowest BCUT2D eigenvalue weighted by Crippen LogP contribution is -2.62. The van der Waals surface area contributed by atoms with Gasteiger partial charge < -0.3 is 20.1 Å². The van der Waals surface area contributed by atoms with E-state index in [2.05, 4.69) is 0 Å². The van der Waals surface area contributed by atoms with Crippen LogP contribution in [-0.2, 0) is 24.0 Å².